The number of hydrogen-bond donors (Lipinski definition) is 2. The fourth-order valence-electron chi connectivity index (χ4n) is 5.64. The molecule has 5 aromatic rings. The summed E-state index contributed by atoms with van der Waals surface area (Å²) in [5.74, 6) is 1.37. The highest BCUT2D eigenvalue weighted by Gasteiger charge is 2.21. The third-order valence-electron chi connectivity index (χ3n) is 8.41. The fraction of sp³-hybridized carbons (Fsp3) is 0.237. The number of aliphatic carboxylic acids is 1. The van der Waals surface area contributed by atoms with Gasteiger partial charge in [0.25, 0.3) is 0 Å². The lowest BCUT2D eigenvalue weighted by molar-refractivity contribution is -0.139. The SMILES string of the molecule is Cc1c(COc2cc(OCc3cccc(C#N)c3)c(CNC(Cc3cncn3C)C(=O)O)cc2Cl)cccc1-c1ccc2c(c1)OCCO2. The first kappa shape index (κ1) is 33.4. The number of nitrogens with one attached hydrogen (secondary N) is 1. The lowest BCUT2D eigenvalue weighted by atomic mass is 9.96. The van der Waals surface area contributed by atoms with E-state index in [1.165, 1.54) is 0 Å². The van der Waals surface area contributed by atoms with Crippen molar-refractivity contribution in [3.63, 3.8) is 0 Å². The summed E-state index contributed by atoms with van der Waals surface area (Å²) in [5.41, 5.74) is 6.86. The molecular formula is C38H35ClN4O6. The molecule has 2 heterocycles. The third-order valence-corrected chi connectivity index (χ3v) is 8.71. The average molecular weight is 679 g/mol. The van der Waals surface area contributed by atoms with Gasteiger partial charge >= 0.3 is 5.97 Å². The highest BCUT2D eigenvalue weighted by atomic mass is 35.5. The maximum Gasteiger partial charge on any atom is 0.321 e. The number of rotatable bonds is 13. The van der Waals surface area contributed by atoms with Crippen LogP contribution >= 0.6 is 11.6 Å². The van der Waals surface area contributed by atoms with Crippen LogP contribution in [0.3, 0.4) is 0 Å². The number of carboxylic acids is 1. The van der Waals surface area contributed by atoms with Crippen molar-refractivity contribution >= 4 is 17.6 Å². The van der Waals surface area contributed by atoms with Crippen LogP contribution in [-0.4, -0.2) is 39.9 Å². The van der Waals surface area contributed by atoms with Crippen molar-refractivity contribution in [1.29, 1.82) is 5.26 Å². The number of hydrogen-bond acceptors (Lipinski definition) is 8. The van der Waals surface area contributed by atoms with Gasteiger partial charge in [0.1, 0.15) is 44.0 Å². The smallest absolute Gasteiger partial charge is 0.321 e. The Morgan fingerprint density at radius 1 is 1.02 bits per heavy atom. The van der Waals surface area contributed by atoms with Crippen molar-refractivity contribution in [2.45, 2.75) is 39.1 Å². The minimum Gasteiger partial charge on any atom is -0.488 e. The predicted molar refractivity (Wildman–Crippen MR) is 184 cm³/mol. The molecule has 1 aliphatic rings. The molecule has 1 unspecified atom stereocenters. The normalized spacial score (nSPS) is 12.6. The first-order valence-corrected chi connectivity index (χ1v) is 16.1. The number of halogens is 1. The van der Waals surface area contributed by atoms with E-state index in [1.807, 2.05) is 43.4 Å². The van der Waals surface area contributed by atoms with Crippen LogP contribution in [0, 0.1) is 18.3 Å². The number of aromatic nitrogens is 2. The summed E-state index contributed by atoms with van der Waals surface area (Å²) < 4.78 is 25.8. The van der Waals surface area contributed by atoms with E-state index >= 15 is 0 Å². The zero-order valence-electron chi connectivity index (χ0n) is 27.1. The van der Waals surface area contributed by atoms with E-state index in [1.54, 1.807) is 47.4 Å². The van der Waals surface area contributed by atoms with Gasteiger partial charge in [0.2, 0.25) is 0 Å². The van der Waals surface area contributed by atoms with E-state index in [4.69, 9.17) is 30.5 Å². The van der Waals surface area contributed by atoms with Crippen LogP contribution in [0.1, 0.15) is 33.5 Å². The molecule has 11 heteroatoms. The largest absolute Gasteiger partial charge is 0.488 e. The third kappa shape index (κ3) is 7.97. The summed E-state index contributed by atoms with van der Waals surface area (Å²) in [7, 11) is 1.82. The Morgan fingerprint density at radius 3 is 2.59 bits per heavy atom. The predicted octanol–water partition coefficient (Wildman–Crippen LogP) is 6.64. The molecule has 250 valence electrons. The van der Waals surface area contributed by atoms with Crippen LogP contribution in [0.25, 0.3) is 11.1 Å². The van der Waals surface area contributed by atoms with E-state index < -0.39 is 12.0 Å². The highest BCUT2D eigenvalue weighted by molar-refractivity contribution is 6.32. The molecule has 0 fully saturated rings. The summed E-state index contributed by atoms with van der Waals surface area (Å²) >= 11 is 6.77. The molecule has 10 nitrogen and oxygen atoms in total. The number of benzene rings is 4. The van der Waals surface area contributed by atoms with E-state index in [2.05, 4.69) is 29.4 Å². The monoisotopic (exact) mass is 678 g/mol. The quantitative estimate of drug-likeness (QED) is 0.141. The summed E-state index contributed by atoms with van der Waals surface area (Å²) in [6, 6.07) is 23.9. The second-order valence-electron chi connectivity index (χ2n) is 11.7. The van der Waals surface area contributed by atoms with Crippen molar-refractivity contribution in [2.75, 3.05) is 13.2 Å². The second-order valence-corrected chi connectivity index (χ2v) is 12.1. The van der Waals surface area contributed by atoms with Gasteiger partial charge in [-0.05, 0) is 65.1 Å². The Labute approximate surface area is 289 Å². The minimum absolute atomic E-state index is 0.166. The van der Waals surface area contributed by atoms with Gasteiger partial charge in [-0.1, -0.05) is 48.0 Å². The molecular weight excluding hydrogens is 644 g/mol. The van der Waals surface area contributed by atoms with Gasteiger partial charge < -0.3 is 28.6 Å². The number of imidazole rings is 1. The minimum atomic E-state index is -0.989. The van der Waals surface area contributed by atoms with Crippen LogP contribution in [0.15, 0.2) is 85.3 Å². The summed E-state index contributed by atoms with van der Waals surface area (Å²) in [6.45, 7) is 3.69. The molecule has 0 bridgehead atoms. The van der Waals surface area contributed by atoms with E-state index in [0.29, 0.717) is 40.9 Å². The number of ether oxygens (including phenoxy) is 4. The van der Waals surface area contributed by atoms with Gasteiger partial charge in [-0.2, -0.15) is 5.26 Å². The first-order valence-electron chi connectivity index (χ1n) is 15.8. The molecule has 49 heavy (non-hydrogen) atoms. The lowest BCUT2D eigenvalue weighted by Crippen LogP contribution is -2.38. The Kier molecular flexibility index (Phi) is 10.3. The molecule has 1 atom stereocenters. The summed E-state index contributed by atoms with van der Waals surface area (Å²) in [5, 5.41) is 22.8. The van der Waals surface area contributed by atoms with Crippen LogP contribution in [0.2, 0.25) is 5.02 Å². The fourth-order valence-corrected chi connectivity index (χ4v) is 5.88. The number of nitriles is 1. The molecule has 6 rings (SSSR count). The van der Waals surface area contributed by atoms with E-state index in [9.17, 15) is 15.2 Å². The van der Waals surface area contributed by atoms with Crippen molar-refractivity contribution in [3.05, 3.63) is 124 Å². The molecule has 0 amide bonds. The maximum atomic E-state index is 12.2. The summed E-state index contributed by atoms with van der Waals surface area (Å²) in [4.78, 5) is 16.2. The Morgan fingerprint density at radius 2 is 1.82 bits per heavy atom. The van der Waals surface area contributed by atoms with Crippen molar-refractivity contribution in [1.82, 2.24) is 14.9 Å². The molecule has 4 aromatic carbocycles. The number of nitrogens with zero attached hydrogens (tertiary/aromatic N) is 3. The Bertz CT molecular complexity index is 2020. The van der Waals surface area contributed by atoms with Crippen molar-refractivity contribution < 1.29 is 28.8 Å². The van der Waals surface area contributed by atoms with Gasteiger partial charge in [0, 0.05) is 43.5 Å². The number of carbonyl (C=O) groups is 1. The van der Waals surface area contributed by atoms with Crippen LogP contribution in [-0.2, 0) is 38.0 Å². The van der Waals surface area contributed by atoms with Crippen LogP contribution in [0.5, 0.6) is 23.0 Å². The lowest BCUT2D eigenvalue weighted by Gasteiger charge is -2.20. The van der Waals surface area contributed by atoms with Crippen molar-refractivity contribution in [2.24, 2.45) is 7.05 Å². The van der Waals surface area contributed by atoms with E-state index in [0.717, 1.165) is 45.0 Å². The zero-order chi connectivity index (χ0) is 34.3. The molecule has 0 aliphatic carbocycles. The topological polar surface area (TPSA) is 128 Å². The highest BCUT2D eigenvalue weighted by Crippen LogP contribution is 2.37. The van der Waals surface area contributed by atoms with E-state index in [-0.39, 0.29) is 26.2 Å². The van der Waals surface area contributed by atoms with Gasteiger partial charge in [-0.25, -0.2) is 4.98 Å². The molecule has 0 spiro atoms. The van der Waals surface area contributed by atoms with Gasteiger partial charge in [-0.3, -0.25) is 10.1 Å². The standard InChI is InChI=1S/C38H35ClN4O6/c1-24-28(7-4-8-31(24)27-9-10-34-37(15-27)47-12-11-46-34)22-49-36-17-35(48-21-26-6-3-5-25(13-26)18-40)29(14-32(36)39)19-42-33(38(44)45)16-30-20-41-23-43(30)2/h3-10,13-15,17,20,23,33,42H,11-12,16,19,21-22H2,1-2H3,(H,44,45). The van der Waals surface area contributed by atoms with Gasteiger partial charge in [0.15, 0.2) is 11.5 Å². The molecule has 1 aromatic heterocycles. The molecule has 0 saturated heterocycles. The zero-order valence-corrected chi connectivity index (χ0v) is 27.9. The molecule has 0 radical (unpaired) electrons. The Hall–Kier alpha value is -5.50. The first-order chi connectivity index (χ1) is 23.8. The second kappa shape index (κ2) is 15.2. The molecule has 2 N–H and O–H groups in total. The molecule has 1 aliphatic heterocycles. The number of aryl methyl sites for hydroxylation is 1. The number of fused-ring (bicyclic) bond motifs is 1. The maximum absolute atomic E-state index is 12.2. The van der Waals surface area contributed by atoms with Gasteiger partial charge in [0.05, 0.1) is 23.0 Å². The Balaban J connectivity index is 1.23. The van der Waals surface area contributed by atoms with Crippen molar-refractivity contribution in [3.8, 4) is 40.2 Å². The number of carboxylic acid groups (broad SMARTS) is 1. The molecule has 0 saturated carbocycles. The average Bonchev–Trinajstić information content (AvgIpc) is 3.52. The summed E-state index contributed by atoms with van der Waals surface area (Å²) in [6.07, 6.45) is 3.52. The van der Waals surface area contributed by atoms with Gasteiger partial charge in [-0.15, -0.1) is 0 Å². The van der Waals surface area contributed by atoms with Crippen LogP contribution in [0.4, 0.5) is 0 Å². The van der Waals surface area contributed by atoms with Crippen LogP contribution < -0.4 is 24.3 Å².